The molecule has 3 aromatic rings. The number of hydrogen-bond donors (Lipinski definition) is 2. The molecule has 0 radical (unpaired) electrons. The number of carbonyl (C=O) groups excluding carboxylic acids is 1. The Bertz CT molecular complexity index is 1110. The highest BCUT2D eigenvalue weighted by molar-refractivity contribution is 6.03. The van der Waals surface area contributed by atoms with Crippen LogP contribution >= 0.6 is 0 Å². The zero-order valence-electron chi connectivity index (χ0n) is 19.5. The van der Waals surface area contributed by atoms with Crippen LogP contribution in [0.25, 0.3) is 11.1 Å². The first-order valence-electron chi connectivity index (χ1n) is 12.6. The van der Waals surface area contributed by atoms with Crippen molar-refractivity contribution >= 4 is 11.6 Å². The predicted octanol–water partition coefficient (Wildman–Crippen LogP) is 6.48. The van der Waals surface area contributed by atoms with E-state index >= 15 is 0 Å². The van der Waals surface area contributed by atoms with Crippen LogP contribution < -0.4 is 4.90 Å². The number of benzene rings is 3. The van der Waals surface area contributed by atoms with Crippen LogP contribution in [0, 0.1) is 11.8 Å². The van der Waals surface area contributed by atoms with Crippen molar-refractivity contribution in [3.8, 4) is 16.9 Å². The van der Waals surface area contributed by atoms with E-state index in [2.05, 4.69) is 0 Å². The van der Waals surface area contributed by atoms with Crippen LogP contribution in [0.15, 0.2) is 78.9 Å². The molecule has 1 saturated heterocycles. The Balaban J connectivity index is 1.40. The van der Waals surface area contributed by atoms with Crippen molar-refractivity contribution in [2.75, 3.05) is 4.90 Å². The van der Waals surface area contributed by atoms with Gasteiger partial charge in [-0.15, -0.1) is 0 Å². The van der Waals surface area contributed by atoms with Gasteiger partial charge < -0.3 is 15.1 Å². The first kappa shape index (κ1) is 22.7. The lowest BCUT2D eigenvalue weighted by molar-refractivity contribution is -0.131. The van der Waals surface area contributed by atoms with Gasteiger partial charge in [0.1, 0.15) is 5.75 Å². The number of phenols is 1. The van der Waals surface area contributed by atoms with Crippen molar-refractivity contribution in [1.82, 2.24) is 0 Å². The number of anilines is 1. The zero-order chi connectivity index (χ0) is 23.5. The number of aromatic hydroxyl groups is 1. The predicted molar refractivity (Wildman–Crippen MR) is 136 cm³/mol. The van der Waals surface area contributed by atoms with Crippen molar-refractivity contribution < 1.29 is 15.0 Å². The van der Waals surface area contributed by atoms with Crippen LogP contribution in [0.1, 0.15) is 56.6 Å². The maximum Gasteiger partial charge on any atom is 0.233 e. The maximum absolute atomic E-state index is 13.3. The Morgan fingerprint density at radius 2 is 1.53 bits per heavy atom. The van der Waals surface area contributed by atoms with E-state index < -0.39 is 0 Å². The highest BCUT2D eigenvalue weighted by Gasteiger charge is 2.49. The van der Waals surface area contributed by atoms with Gasteiger partial charge in [-0.05, 0) is 60.9 Å². The zero-order valence-corrected chi connectivity index (χ0v) is 19.5. The third kappa shape index (κ3) is 4.47. The van der Waals surface area contributed by atoms with Crippen molar-refractivity contribution in [3.05, 3.63) is 84.4 Å². The summed E-state index contributed by atoms with van der Waals surface area (Å²) in [6, 6.07) is 25.2. The summed E-state index contributed by atoms with van der Waals surface area (Å²) >= 11 is 0. The standard InChI is InChI=1S/C30H33NO3/c32-27(22-12-6-2-7-13-22)19-18-26-29(31(30(26)34)24-14-8-3-9-15-24)25-17-16-23(20-28(25)33)21-10-4-1-5-11-21/h1,3-5,8-11,14-17,20,22,26-27,29,32-33H,2,6-7,12-13,18-19H2/t26-,27+,29-/m1/s1. The second kappa shape index (κ2) is 10.0. The van der Waals surface area contributed by atoms with Crippen LogP contribution in [0.3, 0.4) is 0 Å². The van der Waals surface area contributed by atoms with Crippen LogP contribution in [0.5, 0.6) is 5.75 Å². The Kier molecular flexibility index (Phi) is 6.68. The molecule has 0 spiro atoms. The van der Waals surface area contributed by atoms with Gasteiger partial charge in [0.05, 0.1) is 18.1 Å². The Hall–Kier alpha value is -3.11. The average Bonchev–Trinajstić information content (AvgIpc) is 2.89. The van der Waals surface area contributed by atoms with Gasteiger partial charge in [0.15, 0.2) is 0 Å². The average molecular weight is 456 g/mol. The first-order chi connectivity index (χ1) is 16.6. The molecule has 1 heterocycles. The highest BCUT2D eigenvalue weighted by Crippen LogP contribution is 2.48. The van der Waals surface area contributed by atoms with Gasteiger partial charge >= 0.3 is 0 Å². The number of nitrogens with zero attached hydrogens (tertiary/aromatic N) is 1. The number of aliphatic hydroxyl groups excluding tert-OH is 1. The molecule has 2 N–H and O–H groups in total. The quantitative estimate of drug-likeness (QED) is 0.401. The van der Waals surface area contributed by atoms with Crippen LogP contribution in [-0.4, -0.2) is 22.2 Å². The fourth-order valence-corrected chi connectivity index (χ4v) is 5.77. The highest BCUT2D eigenvalue weighted by atomic mass is 16.3. The summed E-state index contributed by atoms with van der Waals surface area (Å²) in [5, 5.41) is 21.9. The summed E-state index contributed by atoms with van der Waals surface area (Å²) in [7, 11) is 0. The maximum atomic E-state index is 13.3. The van der Waals surface area contributed by atoms with Crippen LogP contribution in [0.4, 0.5) is 5.69 Å². The molecule has 176 valence electrons. The van der Waals surface area contributed by atoms with E-state index in [1.165, 1.54) is 19.3 Å². The summed E-state index contributed by atoms with van der Waals surface area (Å²) in [5.74, 6) is 0.384. The molecule has 3 aromatic carbocycles. The number of carbonyl (C=O) groups is 1. The molecule has 1 aliphatic heterocycles. The van der Waals surface area contributed by atoms with Gasteiger partial charge in [0, 0.05) is 11.3 Å². The van der Waals surface area contributed by atoms with E-state index in [0.717, 1.165) is 35.2 Å². The molecule has 0 aromatic heterocycles. The van der Waals surface area contributed by atoms with Gasteiger partial charge in [-0.1, -0.05) is 79.9 Å². The summed E-state index contributed by atoms with van der Waals surface area (Å²) in [4.78, 5) is 15.1. The molecule has 0 unspecified atom stereocenters. The molecule has 0 bridgehead atoms. The second-order valence-electron chi connectivity index (χ2n) is 9.78. The van der Waals surface area contributed by atoms with E-state index in [9.17, 15) is 15.0 Å². The van der Waals surface area contributed by atoms with Crippen LogP contribution in [-0.2, 0) is 4.79 Å². The topological polar surface area (TPSA) is 60.8 Å². The van der Waals surface area contributed by atoms with E-state index in [0.29, 0.717) is 18.8 Å². The molecule has 4 nitrogen and oxygen atoms in total. The van der Waals surface area contributed by atoms with Gasteiger partial charge in [-0.25, -0.2) is 0 Å². The van der Waals surface area contributed by atoms with Crippen molar-refractivity contribution in [2.24, 2.45) is 11.8 Å². The molecule has 1 aliphatic carbocycles. The van der Waals surface area contributed by atoms with Crippen molar-refractivity contribution in [2.45, 2.75) is 57.1 Å². The Labute approximate surface area is 201 Å². The molecule has 5 rings (SSSR count). The lowest BCUT2D eigenvalue weighted by Gasteiger charge is -2.48. The third-order valence-electron chi connectivity index (χ3n) is 7.67. The smallest absolute Gasteiger partial charge is 0.233 e. The number of phenolic OH excluding ortho intramolecular Hbond substituents is 1. The Morgan fingerprint density at radius 1 is 0.853 bits per heavy atom. The summed E-state index contributed by atoms with van der Waals surface area (Å²) in [6.45, 7) is 0. The Morgan fingerprint density at radius 3 is 2.21 bits per heavy atom. The molecule has 3 atom stereocenters. The molecule has 34 heavy (non-hydrogen) atoms. The lowest BCUT2D eigenvalue weighted by atomic mass is 9.76. The number of para-hydroxylation sites is 1. The SMILES string of the molecule is O=C1[C@H](CC[C@H](O)C2CCCCC2)[C@@H](c2ccc(-c3ccccc3)cc2O)N1c1ccccc1. The number of aliphatic hydroxyl groups is 1. The number of rotatable bonds is 7. The monoisotopic (exact) mass is 455 g/mol. The van der Waals surface area contributed by atoms with Gasteiger partial charge in [0.25, 0.3) is 0 Å². The minimum absolute atomic E-state index is 0.0681. The van der Waals surface area contributed by atoms with Crippen molar-refractivity contribution in [1.29, 1.82) is 0 Å². The second-order valence-corrected chi connectivity index (χ2v) is 9.78. The fourth-order valence-electron chi connectivity index (χ4n) is 5.77. The molecular weight excluding hydrogens is 422 g/mol. The van der Waals surface area contributed by atoms with Crippen LogP contribution in [0.2, 0.25) is 0 Å². The molecule has 4 heteroatoms. The van der Waals surface area contributed by atoms with Gasteiger partial charge in [0.2, 0.25) is 5.91 Å². The lowest BCUT2D eigenvalue weighted by Crippen LogP contribution is -2.55. The van der Waals surface area contributed by atoms with E-state index in [1.807, 2.05) is 72.8 Å². The molecular formula is C30H33NO3. The summed E-state index contributed by atoms with van der Waals surface area (Å²) < 4.78 is 0. The third-order valence-corrected chi connectivity index (χ3v) is 7.67. The molecule has 2 fully saturated rings. The summed E-state index contributed by atoms with van der Waals surface area (Å²) in [5.41, 5.74) is 3.59. The largest absolute Gasteiger partial charge is 0.508 e. The van der Waals surface area contributed by atoms with Gasteiger partial charge in [-0.2, -0.15) is 0 Å². The first-order valence-corrected chi connectivity index (χ1v) is 12.6. The number of β-lactam (4-membered cyclic amide) rings is 1. The van der Waals surface area contributed by atoms with Gasteiger partial charge in [-0.3, -0.25) is 4.79 Å². The number of hydrogen-bond acceptors (Lipinski definition) is 3. The summed E-state index contributed by atoms with van der Waals surface area (Å²) in [6.07, 6.45) is 6.71. The number of amides is 1. The molecule has 1 amide bonds. The van der Waals surface area contributed by atoms with E-state index in [4.69, 9.17) is 0 Å². The fraction of sp³-hybridized carbons (Fsp3) is 0.367. The molecule has 1 saturated carbocycles. The van der Waals surface area contributed by atoms with E-state index in [-0.39, 0.29) is 29.7 Å². The minimum atomic E-state index is -0.353. The molecule has 2 aliphatic rings. The van der Waals surface area contributed by atoms with E-state index in [1.54, 1.807) is 11.0 Å². The minimum Gasteiger partial charge on any atom is -0.508 e. The normalized spacial score (nSPS) is 21.8. The van der Waals surface area contributed by atoms with Crippen molar-refractivity contribution in [3.63, 3.8) is 0 Å².